The molecule has 0 saturated carbocycles. The number of amides is 1. The molecular weight excluding hydrogens is 484 g/mol. The van der Waals surface area contributed by atoms with Crippen LogP contribution in [0.2, 0.25) is 0 Å². The summed E-state index contributed by atoms with van der Waals surface area (Å²) in [6, 6.07) is 6.83. The number of alkyl halides is 3. The van der Waals surface area contributed by atoms with Gasteiger partial charge in [0.15, 0.2) is 0 Å². The molecule has 35 heavy (non-hydrogen) atoms. The maximum absolute atomic E-state index is 15.2. The number of nitrogens with one attached hydrogen (secondary N) is 2. The van der Waals surface area contributed by atoms with Gasteiger partial charge in [-0.05, 0) is 44.5 Å². The number of piperazine rings is 1. The number of anilines is 2. The van der Waals surface area contributed by atoms with Gasteiger partial charge in [-0.15, -0.1) is 11.3 Å². The van der Waals surface area contributed by atoms with E-state index in [1.807, 2.05) is 25.8 Å². The lowest BCUT2D eigenvalue weighted by Gasteiger charge is -2.44. The average molecular weight is 509 g/mol. The van der Waals surface area contributed by atoms with Crippen LogP contribution in [0.1, 0.15) is 29.8 Å². The minimum atomic E-state index is -4.91. The molecular formula is C24H24F4N4O2S. The van der Waals surface area contributed by atoms with E-state index in [0.717, 1.165) is 6.20 Å². The molecule has 2 atom stereocenters. The van der Waals surface area contributed by atoms with Crippen LogP contribution in [0.25, 0.3) is 10.4 Å². The molecule has 6 nitrogen and oxygen atoms in total. The van der Waals surface area contributed by atoms with Gasteiger partial charge in [0.2, 0.25) is 5.56 Å². The number of benzene rings is 1. The number of hydrogen-bond acceptors (Lipinski definition) is 5. The summed E-state index contributed by atoms with van der Waals surface area (Å²) in [5.74, 6) is -1.56. The third-order valence-corrected chi connectivity index (χ3v) is 7.20. The van der Waals surface area contributed by atoms with Crippen LogP contribution < -0.4 is 15.8 Å². The lowest BCUT2D eigenvalue weighted by molar-refractivity contribution is -0.138. The first-order valence-corrected chi connectivity index (χ1v) is 11.8. The standard InChI is InChI=1S/C24H24F4N4O2S/c1-13-11-32(12-14(2)31(13)3)20-9-18(25)15(21-5-4-6-35-21)7-19(20)30-23(34)16-10-29-22(33)8-17(16)24(26,27)28/h4-10,13-14H,11-12H2,1-3H3,(H,29,33)(H,30,34). The van der Waals surface area contributed by atoms with E-state index < -0.39 is 34.6 Å². The highest BCUT2D eigenvalue weighted by Gasteiger charge is 2.36. The SMILES string of the molecule is CC1CN(c2cc(F)c(-c3cccs3)cc2NC(=O)c2c[nH]c(=O)cc2C(F)(F)F)CC(C)N1C. The van der Waals surface area contributed by atoms with Crippen LogP contribution in [0.4, 0.5) is 28.9 Å². The Morgan fingerprint density at radius 1 is 1.17 bits per heavy atom. The molecule has 1 amide bonds. The minimum absolute atomic E-state index is 0.123. The Morgan fingerprint density at radius 3 is 2.46 bits per heavy atom. The van der Waals surface area contributed by atoms with Crippen LogP contribution in [-0.2, 0) is 6.18 Å². The molecule has 2 N–H and O–H groups in total. The van der Waals surface area contributed by atoms with Crippen molar-refractivity contribution in [3.8, 4) is 10.4 Å². The Labute approximate surface area is 203 Å². The zero-order valence-electron chi connectivity index (χ0n) is 19.2. The summed E-state index contributed by atoms with van der Waals surface area (Å²) in [5.41, 5.74) is -2.26. The summed E-state index contributed by atoms with van der Waals surface area (Å²) < 4.78 is 55.8. The summed E-state index contributed by atoms with van der Waals surface area (Å²) in [4.78, 5) is 31.4. The monoisotopic (exact) mass is 508 g/mol. The van der Waals surface area contributed by atoms with Gasteiger partial charge in [0.1, 0.15) is 5.82 Å². The third kappa shape index (κ3) is 5.10. The number of carbonyl (C=O) groups is 1. The van der Waals surface area contributed by atoms with Gasteiger partial charge in [0.25, 0.3) is 5.91 Å². The highest BCUT2D eigenvalue weighted by Crippen LogP contribution is 2.38. The van der Waals surface area contributed by atoms with Crippen molar-refractivity contribution in [2.75, 3.05) is 30.4 Å². The Balaban J connectivity index is 1.79. The molecule has 0 radical (unpaired) electrons. The first-order chi connectivity index (χ1) is 16.5. The molecule has 3 aromatic rings. The molecule has 1 aliphatic rings. The number of hydrogen-bond donors (Lipinski definition) is 2. The van der Waals surface area contributed by atoms with E-state index in [-0.39, 0.29) is 23.3 Å². The molecule has 2 unspecified atom stereocenters. The van der Waals surface area contributed by atoms with Crippen molar-refractivity contribution in [1.29, 1.82) is 0 Å². The van der Waals surface area contributed by atoms with Crippen LogP contribution in [0, 0.1) is 5.82 Å². The number of nitrogens with zero attached hydrogens (tertiary/aromatic N) is 2. The zero-order chi connectivity index (χ0) is 25.5. The van der Waals surface area contributed by atoms with E-state index in [1.54, 1.807) is 17.5 Å². The quantitative estimate of drug-likeness (QED) is 0.485. The van der Waals surface area contributed by atoms with Crippen molar-refractivity contribution in [2.45, 2.75) is 32.1 Å². The fourth-order valence-corrected chi connectivity index (χ4v) is 4.97. The van der Waals surface area contributed by atoms with E-state index >= 15 is 4.39 Å². The van der Waals surface area contributed by atoms with Crippen LogP contribution in [0.3, 0.4) is 0 Å². The van der Waals surface area contributed by atoms with Crippen molar-refractivity contribution >= 4 is 28.6 Å². The fourth-order valence-electron chi connectivity index (χ4n) is 4.23. The Morgan fingerprint density at radius 2 is 1.86 bits per heavy atom. The lowest BCUT2D eigenvalue weighted by Crippen LogP contribution is -2.55. The Hall–Kier alpha value is -3.18. The number of halogens is 4. The molecule has 186 valence electrons. The molecule has 11 heteroatoms. The van der Waals surface area contributed by atoms with Gasteiger partial charge in [-0.2, -0.15) is 13.2 Å². The zero-order valence-corrected chi connectivity index (χ0v) is 20.1. The second-order valence-electron chi connectivity index (χ2n) is 8.67. The van der Waals surface area contributed by atoms with Crippen LogP contribution in [-0.4, -0.2) is 48.0 Å². The number of rotatable bonds is 4. The number of carbonyl (C=O) groups excluding carboxylic acids is 1. The summed E-state index contributed by atoms with van der Waals surface area (Å²) in [6.07, 6.45) is -4.17. The van der Waals surface area contributed by atoms with Crippen molar-refractivity contribution in [2.24, 2.45) is 0 Å². The predicted octanol–water partition coefficient (Wildman–Crippen LogP) is 5.04. The first-order valence-electron chi connectivity index (χ1n) is 10.9. The number of H-pyrrole nitrogens is 1. The molecule has 0 bridgehead atoms. The predicted molar refractivity (Wildman–Crippen MR) is 129 cm³/mol. The molecule has 0 aliphatic carbocycles. The second kappa shape index (κ2) is 9.46. The van der Waals surface area contributed by atoms with Crippen molar-refractivity contribution in [3.63, 3.8) is 0 Å². The van der Waals surface area contributed by atoms with Crippen LogP contribution in [0.15, 0.2) is 46.7 Å². The van der Waals surface area contributed by atoms with Crippen LogP contribution in [0.5, 0.6) is 0 Å². The molecule has 1 saturated heterocycles. The largest absolute Gasteiger partial charge is 0.417 e. The highest BCUT2D eigenvalue weighted by molar-refractivity contribution is 7.13. The van der Waals surface area contributed by atoms with E-state index in [4.69, 9.17) is 0 Å². The van der Waals surface area contributed by atoms with Gasteiger partial charge in [-0.25, -0.2) is 4.39 Å². The maximum Gasteiger partial charge on any atom is 0.417 e. The van der Waals surface area contributed by atoms with Gasteiger partial charge < -0.3 is 15.2 Å². The first kappa shape index (κ1) is 24.9. The maximum atomic E-state index is 15.2. The fraction of sp³-hybridized carbons (Fsp3) is 0.333. The smallest absolute Gasteiger partial charge is 0.367 e. The molecule has 1 aromatic carbocycles. The Bertz CT molecular complexity index is 1280. The number of aromatic nitrogens is 1. The van der Waals surface area contributed by atoms with Crippen molar-refractivity contribution in [3.05, 3.63) is 69.2 Å². The summed E-state index contributed by atoms with van der Waals surface area (Å²) in [6.45, 7) is 5.11. The molecule has 1 aliphatic heterocycles. The summed E-state index contributed by atoms with van der Waals surface area (Å²) in [5, 5.41) is 4.33. The van der Waals surface area contributed by atoms with Gasteiger partial charge >= 0.3 is 6.18 Å². The van der Waals surface area contributed by atoms with Gasteiger partial charge in [-0.3, -0.25) is 14.5 Å². The molecule has 4 rings (SSSR count). The second-order valence-corrected chi connectivity index (χ2v) is 9.62. The van der Waals surface area contributed by atoms with Gasteiger partial charge in [0.05, 0.1) is 22.5 Å². The Kier molecular flexibility index (Phi) is 6.74. The van der Waals surface area contributed by atoms with E-state index in [0.29, 0.717) is 29.7 Å². The third-order valence-electron chi connectivity index (χ3n) is 6.30. The van der Waals surface area contributed by atoms with E-state index in [2.05, 4.69) is 15.2 Å². The number of aromatic amines is 1. The molecule has 3 heterocycles. The van der Waals surface area contributed by atoms with Crippen molar-refractivity contribution in [1.82, 2.24) is 9.88 Å². The van der Waals surface area contributed by atoms with E-state index in [9.17, 15) is 22.8 Å². The normalized spacial score (nSPS) is 19.1. The highest BCUT2D eigenvalue weighted by atomic mass is 32.1. The van der Waals surface area contributed by atoms with Gasteiger partial charge in [0, 0.05) is 47.9 Å². The summed E-state index contributed by atoms with van der Waals surface area (Å²) >= 11 is 1.30. The number of pyridine rings is 1. The molecule has 2 aromatic heterocycles. The minimum Gasteiger partial charge on any atom is -0.367 e. The lowest BCUT2D eigenvalue weighted by atomic mass is 10.0. The molecule has 0 spiro atoms. The summed E-state index contributed by atoms with van der Waals surface area (Å²) in [7, 11) is 1.99. The molecule has 1 fully saturated rings. The van der Waals surface area contributed by atoms with Crippen LogP contribution >= 0.6 is 11.3 Å². The number of likely N-dealkylation sites (N-methyl/N-ethyl adjacent to an activating group) is 1. The van der Waals surface area contributed by atoms with Crippen molar-refractivity contribution < 1.29 is 22.4 Å². The van der Waals surface area contributed by atoms with Gasteiger partial charge in [-0.1, -0.05) is 6.07 Å². The number of thiophene rings is 1. The van der Waals surface area contributed by atoms with E-state index in [1.165, 1.54) is 23.5 Å². The topological polar surface area (TPSA) is 68.4 Å². The average Bonchev–Trinajstić information content (AvgIpc) is 3.32.